The van der Waals surface area contributed by atoms with Gasteiger partial charge in [0.25, 0.3) is 0 Å². The Bertz CT molecular complexity index is 95.5. The molecule has 0 saturated carbocycles. The minimum atomic E-state index is -2.97. The molecule has 5 N–H and O–H groups in total. The molecule has 0 aliphatic carbocycles. The molecule has 0 aromatic heterocycles. The predicted molar refractivity (Wildman–Crippen MR) is 35.1 cm³/mol. The SMILES string of the molecule is OCCN(CCO)C(O)(O)O. The Kier molecular flexibility index (Phi) is 4.50. The summed E-state index contributed by atoms with van der Waals surface area (Å²) in [6, 6.07) is 0. The molecule has 0 atom stereocenters. The second-order valence-electron chi connectivity index (χ2n) is 2.03. The first-order valence-electron chi connectivity index (χ1n) is 3.16. The van der Waals surface area contributed by atoms with Gasteiger partial charge in [0.2, 0.25) is 0 Å². The standard InChI is InChI=1S/C5H13NO5/c7-3-1-6(2-4-8)5(9,10)11/h7-11H,1-4H2. The number of rotatable bonds is 5. The largest absolute Gasteiger partial charge is 0.395 e. The van der Waals surface area contributed by atoms with Crippen LogP contribution in [0.2, 0.25) is 0 Å². The van der Waals surface area contributed by atoms with Crippen LogP contribution in [0.5, 0.6) is 0 Å². The zero-order chi connectivity index (χ0) is 8.91. The summed E-state index contributed by atoms with van der Waals surface area (Å²) >= 11 is 0. The summed E-state index contributed by atoms with van der Waals surface area (Å²) in [5.74, 6) is 0. The molecule has 0 saturated heterocycles. The normalized spacial score (nSPS) is 12.5. The first-order chi connectivity index (χ1) is 5.02. The van der Waals surface area contributed by atoms with Crippen molar-refractivity contribution in [3.63, 3.8) is 0 Å². The van der Waals surface area contributed by atoms with Crippen LogP contribution in [0.1, 0.15) is 0 Å². The lowest BCUT2D eigenvalue weighted by molar-refractivity contribution is -0.394. The van der Waals surface area contributed by atoms with Gasteiger partial charge in [-0.15, -0.1) is 0 Å². The van der Waals surface area contributed by atoms with Crippen molar-refractivity contribution in [1.82, 2.24) is 4.90 Å². The Balaban J connectivity index is 3.88. The molecule has 0 amide bonds. The van der Waals surface area contributed by atoms with Gasteiger partial charge in [-0.25, -0.2) is 4.90 Å². The number of hydrogen-bond donors (Lipinski definition) is 5. The van der Waals surface area contributed by atoms with E-state index in [0.717, 1.165) is 0 Å². The molecule has 68 valence electrons. The van der Waals surface area contributed by atoms with E-state index in [1.54, 1.807) is 0 Å². The van der Waals surface area contributed by atoms with E-state index in [0.29, 0.717) is 4.90 Å². The number of nitrogens with zero attached hydrogens (tertiary/aromatic N) is 1. The van der Waals surface area contributed by atoms with Gasteiger partial charge in [-0.1, -0.05) is 0 Å². The maximum atomic E-state index is 8.55. The van der Waals surface area contributed by atoms with Crippen LogP contribution in [0.25, 0.3) is 0 Å². The molecule has 0 unspecified atom stereocenters. The van der Waals surface area contributed by atoms with Crippen LogP contribution in [0.4, 0.5) is 0 Å². The Labute approximate surface area is 63.9 Å². The van der Waals surface area contributed by atoms with Crippen LogP contribution in [-0.4, -0.2) is 62.8 Å². The van der Waals surface area contributed by atoms with Crippen LogP contribution in [0, 0.1) is 0 Å². The van der Waals surface area contributed by atoms with Gasteiger partial charge >= 0.3 is 6.10 Å². The second-order valence-corrected chi connectivity index (χ2v) is 2.03. The Morgan fingerprint density at radius 3 is 1.45 bits per heavy atom. The number of aliphatic hydroxyl groups excluding tert-OH is 2. The van der Waals surface area contributed by atoms with Crippen molar-refractivity contribution in [3.05, 3.63) is 0 Å². The van der Waals surface area contributed by atoms with Gasteiger partial charge in [-0.3, -0.25) is 0 Å². The lowest BCUT2D eigenvalue weighted by Crippen LogP contribution is -2.51. The van der Waals surface area contributed by atoms with Gasteiger partial charge in [0.15, 0.2) is 0 Å². The Morgan fingerprint density at radius 2 is 1.27 bits per heavy atom. The summed E-state index contributed by atoms with van der Waals surface area (Å²) in [7, 11) is 0. The van der Waals surface area contributed by atoms with Gasteiger partial charge in [0, 0.05) is 13.1 Å². The maximum absolute atomic E-state index is 8.55. The summed E-state index contributed by atoms with van der Waals surface area (Å²) < 4.78 is 0. The lowest BCUT2D eigenvalue weighted by atomic mass is 10.5. The topological polar surface area (TPSA) is 104 Å². The monoisotopic (exact) mass is 167 g/mol. The molecule has 0 fully saturated rings. The third-order valence-corrected chi connectivity index (χ3v) is 1.16. The van der Waals surface area contributed by atoms with E-state index in [4.69, 9.17) is 25.5 Å². The zero-order valence-corrected chi connectivity index (χ0v) is 6.01. The Morgan fingerprint density at radius 1 is 0.909 bits per heavy atom. The second kappa shape index (κ2) is 4.60. The van der Waals surface area contributed by atoms with E-state index < -0.39 is 6.10 Å². The van der Waals surface area contributed by atoms with Crippen LogP contribution in [-0.2, 0) is 0 Å². The third kappa shape index (κ3) is 4.25. The van der Waals surface area contributed by atoms with Crippen LogP contribution < -0.4 is 0 Å². The average molecular weight is 167 g/mol. The molecule has 0 aromatic rings. The van der Waals surface area contributed by atoms with Gasteiger partial charge in [0.05, 0.1) is 13.2 Å². The first-order valence-corrected chi connectivity index (χ1v) is 3.16. The molecule has 0 aliphatic heterocycles. The van der Waals surface area contributed by atoms with E-state index in [2.05, 4.69) is 0 Å². The summed E-state index contributed by atoms with van der Waals surface area (Å²) in [4.78, 5) is 0.715. The van der Waals surface area contributed by atoms with Crippen LogP contribution in [0.15, 0.2) is 0 Å². The molecular weight excluding hydrogens is 154 g/mol. The quantitative estimate of drug-likeness (QED) is 0.277. The molecule has 0 rings (SSSR count). The van der Waals surface area contributed by atoms with E-state index in [1.807, 2.05) is 0 Å². The fourth-order valence-corrected chi connectivity index (χ4v) is 0.653. The molecule has 0 radical (unpaired) electrons. The molecule has 0 aromatic carbocycles. The summed E-state index contributed by atoms with van der Waals surface area (Å²) in [5.41, 5.74) is 0. The van der Waals surface area contributed by atoms with Crippen molar-refractivity contribution in [1.29, 1.82) is 0 Å². The zero-order valence-electron chi connectivity index (χ0n) is 6.01. The molecular formula is C5H13NO5. The number of aliphatic hydroxyl groups is 5. The molecule has 0 heterocycles. The predicted octanol–water partition coefficient (Wildman–Crippen LogP) is -3.14. The van der Waals surface area contributed by atoms with E-state index in [1.165, 1.54) is 0 Å². The fourth-order valence-electron chi connectivity index (χ4n) is 0.653. The average Bonchev–Trinajstić information content (AvgIpc) is 1.85. The van der Waals surface area contributed by atoms with Crippen molar-refractivity contribution < 1.29 is 25.5 Å². The van der Waals surface area contributed by atoms with Crippen LogP contribution >= 0.6 is 0 Å². The molecule has 6 heteroatoms. The highest BCUT2D eigenvalue weighted by atomic mass is 16.7. The van der Waals surface area contributed by atoms with E-state index >= 15 is 0 Å². The third-order valence-electron chi connectivity index (χ3n) is 1.16. The smallest absolute Gasteiger partial charge is 0.345 e. The molecule has 0 spiro atoms. The Hall–Kier alpha value is -0.240. The van der Waals surface area contributed by atoms with Crippen molar-refractivity contribution in [2.75, 3.05) is 26.3 Å². The molecule has 0 aliphatic rings. The maximum Gasteiger partial charge on any atom is 0.345 e. The van der Waals surface area contributed by atoms with Crippen molar-refractivity contribution >= 4 is 0 Å². The highest BCUT2D eigenvalue weighted by Gasteiger charge is 2.27. The summed E-state index contributed by atoms with van der Waals surface area (Å²) in [6.07, 6.45) is -2.97. The van der Waals surface area contributed by atoms with Crippen molar-refractivity contribution in [2.24, 2.45) is 0 Å². The fraction of sp³-hybridized carbons (Fsp3) is 1.00. The molecule has 6 nitrogen and oxygen atoms in total. The van der Waals surface area contributed by atoms with Gasteiger partial charge in [0.1, 0.15) is 0 Å². The minimum absolute atomic E-state index is 0.121. The minimum Gasteiger partial charge on any atom is -0.395 e. The van der Waals surface area contributed by atoms with Crippen molar-refractivity contribution in [2.45, 2.75) is 6.10 Å². The highest BCUT2D eigenvalue weighted by Crippen LogP contribution is 2.01. The van der Waals surface area contributed by atoms with E-state index in [-0.39, 0.29) is 26.3 Å². The highest BCUT2D eigenvalue weighted by molar-refractivity contribution is 4.56. The van der Waals surface area contributed by atoms with Gasteiger partial charge < -0.3 is 25.5 Å². The molecule has 11 heavy (non-hydrogen) atoms. The molecule has 0 bridgehead atoms. The van der Waals surface area contributed by atoms with Crippen LogP contribution in [0.3, 0.4) is 0 Å². The summed E-state index contributed by atoms with van der Waals surface area (Å²) in [5, 5.41) is 42.4. The summed E-state index contributed by atoms with van der Waals surface area (Å²) in [6.45, 7) is -0.902. The first kappa shape index (κ1) is 10.8. The lowest BCUT2D eigenvalue weighted by Gasteiger charge is -2.28. The van der Waals surface area contributed by atoms with E-state index in [9.17, 15) is 0 Å². The number of hydrogen-bond acceptors (Lipinski definition) is 6. The van der Waals surface area contributed by atoms with Gasteiger partial charge in [-0.05, 0) is 0 Å². The van der Waals surface area contributed by atoms with Gasteiger partial charge in [-0.2, -0.15) is 0 Å². The van der Waals surface area contributed by atoms with Crippen molar-refractivity contribution in [3.8, 4) is 0 Å².